The Kier molecular flexibility index (Phi) is 2.99. The summed E-state index contributed by atoms with van der Waals surface area (Å²) in [6.45, 7) is 0.176. The number of nitrogens with zero attached hydrogens (tertiary/aromatic N) is 3. The Bertz CT molecular complexity index is 538. The van der Waals surface area contributed by atoms with Crippen molar-refractivity contribution < 1.29 is 13.2 Å². The summed E-state index contributed by atoms with van der Waals surface area (Å²) in [7, 11) is 1.74. The van der Waals surface area contributed by atoms with Gasteiger partial charge >= 0.3 is 0 Å². The minimum Gasteiger partial charge on any atom is -0.362 e. The molecule has 0 fully saturated rings. The van der Waals surface area contributed by atoms with E-state index in [-0.39, 0.29) is 12.4 Å². The molecule has 90 valence electrons. The third-order valence-corrected chi connectivity index (χ3v) is 2.09. The van der Waals surface area contributed by atoms with E-state index in [1.807, 2.05) is 0 Å². The molecule has 0 bridgehead atoms. The maximum atomic E-state index is 13.2. The maximum Gasteiger partial charge on any atom is 0.251 e. The third-order valence-electron chi connectivity index (χ3n) is 2.09. The van der Waals surface area contributed by atoms with Gasteiger partial charge in [0.25, 0.3) is 5.95 Å². The first-order chi connectivity index (χ1) is 8.06. The van der Waals surface area contributed by atoms with Crippen LogP contribution in [0.15, 0.2) is 18.3 Å². The zero-order valence-corrected chi connectivity index (χ0v) is 8.91. The molecule has 7 heteroatoms. The summed E-state index contributed by atoms with van der Waals surface area (Å²) in [5, 5.41) is 6.57. The molecular weight excluding hydrogens is 233 g/mol. The average molecular weight is 242 g/mol. The molecule has 0 aliphatic rings. The molecule has 0 amide bonds. The number of pyridine rings is 1. The molecule has 2 rings (SSSR count). The Balaban J connectivity index is 2.11. The molecule has 0 aliphatic heterocycles. The molecule has 0 aromatic carbocycles. The van der Waals surface area contributed by atoms with Crippen molar-refractivity contribution >= 4 is 5.82 Å². The lowest BCUT2D eigenvalue weighted by atomic mass is 10.4. The van der Waals surface area contributed by atoms with Crippen molar-refractivity contribution in [3.8, 4) is 0 Å². The number of halogens is 3. The lowest BCUT2D eigenvalue weighted by molar-refractivity contribution is 0.466. The summed E-state index contributed by atoms with van der Waals surface area (Å²) in [5.74, 6) is -3.94. The molecular formula is C10H9F3N4. The first kappa shape index (κ1) is 11.4. The van der Waals surface area contributed by atoms with Gasteiger partial charge < -0.3 is 5.32 Å². The predicted octanol–water partition coefficient (Wildman–Crippen LogP) is 1.84. The minimum atomic E-state index is -1.34. The normalized spacial score (nSPS) is 10.6. The van der Waals surface area contributed by atoms with Crippen LogP contribution in [0.25, 0.3) is 0 Å². The summed E-state index contributed by atoms with van der Waals surface area (Å²) in [4.78, 5) is 3.13. The first-order valence-electron chi connectivity index (χ1n) is 4.80. The molecule has 0 saturated heterocycles. The van der Waals surface area contributed by atoms with E-state index in [0.29, 0.717) is 11.8 Å². The number of aryl methyl sites for hydroxylation is 1. The van der Waals surface area contributed by atoms with E-state index in [4.69, 9.17) is 0 Å². The Morgan fingerprint density at radius 3 is 2.71 bits per heavy atom. The molecule has 0 saturated carbocycles. The summed E-state index contributed by atoms with van der Waals surface area (Å²) in [6, 6.07) is 2.16. The summed E-state index contributed by atoms with van der Waals surface area (Å²) < 4.78 is 40.1. The van der Waals surface area contributed by atoms with Crippen LogP contribution in [-0.2, 0) is 13.6 Å². The van der Waals surface area contributed by atoms with Crippen LogP contribution < -0.4 is 5.32 Å². The van der Waals surface area contributed by atoms with E-state index in [9.17, 15) is 13.2 Å². The Morgan fingerprint density at radius 2 is 2.06 bits per heavy atom. The van der Waals surface area contributed by atoms with E-state index in [1.54, 1.807) is 24.0 Å². The van der Waals surface area contributed by atoms with Crippen LogP contribution in [0, 0.1) is 17.6 Å². The van der Waals surface area contributed by atoms with Gasteiger partial charge in [-0.1, -0.05) is 0 Å². The van der Waals surface area contributed by atoms with Crippen molar-refractivity contribution in [3.63, 3.8) is 0 Å². The van der Waals surface area contributed by atoms with Gasteiger partial charge in [0, 0.05) is 19.3 Å². The SMILES string of the molecule is Cn1ccc(CNc2nc(F)c(F)cc2F)n1. The van der Waals surface area contributed by atoms with Crippen molar-refractivity contribution in [1.29, 1.82) is 0 Å². The lowest BCUT2D eigenvalue weighted by Crippen LogP contribution is -2.07. The van der Waals surface area contributed by atoms with E-state index >= 15 is 0 Å². The fourth-order valence-electron chi connectivity index (χ4n) is 1.30. The second kappa shape index (κ2) is 4.44. The summed E-state index contributed by atoms with van der Waals surface area (Å²) >= 11 is 0. The molecule has 2 aromatic rings. The van der Waals surface area contributed by atoms with Crippen LogP contribution in [0.4, 0.5) is 19.0 Å². The summed E-state index contributed by atoms with van der Waals surface area (Å²) in [6.07, 6.45) is 1.71. The quantitative estimate of drug-likeness (QED) is 0.835. The molecule has 0 unspecified atom stereocenters. The minimum absolute atomic E-state index is 0.176. The Labute approximate surface area is 95.1 Å². The van der Waals surface area contributed by atoms with Gasteiger partial charge in [0.05, 0.1) is 12.2 Å². The molecule has 0 aliphatic carbocycles. The second-order valence-corrected chi connectivity index (χ2v) is 3.43. The topological polar surface area (TPSA) is 42.7 Å². The van der Waals surface area contributed by atoms with Crippen molar-refractivity contribution in [2.45, 2.75) is 6.54 Å². The van der Waals surface area contributed by atoms with Crippen LogP contribution in [0.5, 0.6) is 0 Å². The molecule has 2 aromatic heterocycles. The van der Waals surface area contributed by atoms with Crippen LogP contribution in [-0.4, -0.2) is 14.8 Å². The molecule has 0 radical (unpaired) electrons. The predicted molar refractivity (Wildman–Crippen MR) is 54.6 cm³/mol. The van der Waals surface area contributed by atoms with Crippen LogP contribution >= 0.6 is 0 Å². The zero-order valence-electron chi connectivity index (χ0n) is 8.91. The third kappa shape index (κ3) is 2.55. The van der Waals surface area contributed by atoms with Crippen LogP contribution in [0.1, 0.15) is 5.69 Å². The van der Waals surface area contributed by atoms with Crippen molar-refractivity contribution in [1.82, 2.24) is 14.8 Å². The summed E-state index contributed by atoms with van der Waals surface area (Å²) in [5.41, 5.74) is 0.637. The second-order valence-electron chi connectivity index (χ2n) is 3.43. The van der Waals surface area contributed by atoms with Gasteiger partial charge in [0.1, 0.15) is 0 Å². The van der Waals surface area contributed by atoms with Crippen molar-refractivity contribution in [3.05, 3.63) is 41.6 Å². The van der Waals surface area contributed by atoms with E-state index in [2.05, 4.69) is 15.4 Å². The number of hydrogen-bond acceptors (Lipinski definition) is 3. The van der Waals surface area contributed by atoms with Crippen LogP contribution in [0.3, 0.4) is 0 Å². The van der Waals surface area contributed by atoms with Crippen molar-refractivity contribution in [2.24, 2.45) is 7.05 Å². The highest BCUT2D eigenvalue weighted by atomic mass is 19.2. The molecule has 0 atom stereocenters. The smallest absolute Gasteiger partial charge is 0.251 e. The highest BCUT2D eigenvalue weighted by Gasteiger charge is 2.11. The van der Waals surface area contributed by atoms with Gasteiger partial charge in [-0.05, 0) is 6.07 Å². The fourth-order valence-corrected chi connectivity index (χ4v) is 1.30. The number of aromatic nitrogens is 3. The Hall–Kier alpha value is -2.05. The van der Waals surface area contributed by atoms with E-state index in [0.717, 1.165) is 0 Å². The molecule has 4 nitrogen and oxygen atoms in total. The van der Waals surface area contributed by atoms with Gasteiger partial charge in [-0.15, -0.1) is 0 Å². The Morgan fingerprint density at radius 1 is 1.29 bits per heavy atom. The lowest BCUT2D eigenvalue weighted by Gasteiger charge is -2.05. The maximum absolute atomic E-state index is 13.2. The molecule has 2 heterocycles. The number of anilines is 1. The highest BCUT2D eigenvalue weighted by Crippen LogP contribution is 2.14. The fraction of sp³-hybridized carbons (Fsp3) is 0.200. The van der Waals surface area contributed by atoms with Gasteiger partial charge in [-0.2, -0.15) is 14.5 Å². The molecule has 1 N–H and O–H groups in total. The zero-order chi connectivity index (χ0) is 12.4. The number of nitrogens with one attached hydrogen (secondary N) is 1. The average Bonchev–Trinajstić information content (AvgIpc) is 2.68. The van der Waals surface area contributed by atoms with Gasteiger partial charge in [0.2, 0.25) is 0 Å². The van der Waals surface area contributed by atoms with Crippen molar-refractivity contribution in [2.75, 3.05) is 5.32 Å². The highest BCUT2D eigenvalue weighted by molar-refractivity contribution is 5.36. The van der Waals surface area contributed by atoms with Gasteiger partial charge in [-0.3, -0.25) is 4.68 Å². The first-order valence-corrected chi connectivity index (χ1v) is 4.80. The van der Waals surface area contributed by atoms with Crippen LogP contribution in [0.2, 0.25) is 0 Å². The standard InChI is InChI=1S/C10H9F3N4/c1-17-3-2-6(16-17)5-14-10-8(12)4-7(11)9(13)15-10/h2-4H,5H2,1H3,(H,14,15). The van der Waals surface area contributed by atoms with E-state index < -0.39 is 17.6 Å². The monoisotopic (exact) mass is 242 g/mol. The number of hydrogen-bond donors (Lipinski definition) is 1. The van der Waals surface area contributed by atoms with E-state index in [1.165, 1.54) is 0 Å². The van der Waals surface area contributed by atoms with Gasteiger partial charge in [-0.25, -0.2) is 8.78 Å². The van der Waals surface area contributed by atoms with Gasteiger partial charge in [0.15, 0.2) is 17.5 Å². The number of rotatable bonds is 3. The molecule has 0 spiro atoms. The molecule has 17 heavy (non-hydrogen) atoms. The largest absolute Gasteiger partial charge is 0.362 e.